The van der Waals surface area contributed by atoms with Crippen LogP contribution in [0.2, 0.25) is 5.02 Å². The van der Waals surface area contributed by atoms with Crippen LogP contribution in [0.25, 0.3) is 0 Å². The molecule has 0 saturated heterocycles. The molecule has 4 rings (SSSR count). The minimum absolute atomic E-state index is 0.146. The number of aromatic nitrogens is 3. The number of ether oxygens (including phenoxy) is 1. The van der Waals surface area contributed by atoms with E-state index in [1.165, 1.54) is 28.0 Å². The van der Waals surface area contributed by atoms with Gasteiger partial charge < -0.3 is 10.1 Å². The lowest BCUT2D eigenvalue weighted by Crippen LogP contribution is -2.26. The molecule has 10 heteroatoms. The molecule has 0 saturated carbocycles. The van der Waals surface area contributed by atoms with Crippen LogP contribution in [0.1, 0.15) is 49.0 Å². The molecule has 178 valence electrons. The Hall–Kier alpha value is -2.54. The van der Waals surface area contributed by atoms with Gasteiger partial charge in [-0.25, -0.2) is 4.98 Å². The molecule has 0 radical (unpaired) electrons. The first-order chi connectivity index (χ1) is 16.2. The number of hydrogen-bond acceptors (Lipinski definition) is 7. The number of thioether (sulfide) groups is 1. The SMILES string of the molecule is CC(C)(C)[C@@H]1CCc2c(sc(NC(=O)CSc3n[nH]c(COc4ccc(Cl)cc4)n3)c2C#N)C1. The first kappa shape index (κ1) is 24.6. The molecule has 0 aliphatic heterocycles. The van der Waals surface area contributed by atoms with Gasteiger partial charge in [0.25, 0.3) is 0 Å². The van der Waals surface area contributed by atoms with E-state index >= 15 is 0 Å². The third-order valence-electron chi connectivity index (χ3n) is 5.89. The number of H-pyrrole nitrogens is 1. The number of nitrogens with one attached hydrogen (secondary N) is 2. The number of halogens is 1. The Bertz CT molecular complexity index is 1210. The van der Waals surface area contributed by atoms with Gasteiger partial charge in [0.1, 0.15) is 23.4 Å². The maximum Gasteiger partial charge on any atom is 0.235 e. The molecule has 1 aromatic carbocycles. The zero-order chi connectivity index (χ0) is 24.3. The summed E-state index contributed by atoms with van der Waals surface area (Å²) in [6.45, 7) is 7.02. The molecule has 2 N–H and O–H groups in total. The van der Waals surface area contributed by atoms with Crippen molar-refractivity contribution in [3.05, 3.63) is 51.1 Å². The van der Waals surface area contributed by atoms with Crippen molar-refractivity contribution < 1.29 is 9.53 Å². The average Bonchev–Trinajstić information content (AvgIpc) is 3.39. The number of rotatable bonds is 7. The third-order valence-corrected chi connectivity index (χ3v) is 8.16. The van der Waals surface area contributed by atoms with Crippen LogP contribution in [-0.4, -0.2) is 26.8 Å². The van der Waals surface area contributed by atoms with Crippen LogP contribution in [0.5, 0.6) is 5.75 Å². The van der Waals surface area contributed by atoms with Crippen LogP contribution in [0.15, 0.2) is 29.4 Å². The maximum absolute atomic E-state index is 12.6. The summed E-state index contributed by atoms with van der Waals surface area (Å²) >= 11 is 8.64. The number of hydrogen-bond donors (Lipinski definition) is 2. The maximum atomic E-state index is 12.6. The van der Waals surface area contributed by atoms with E-state index < -0.39 is 0 Å². The second-order valence-corrected chi connectivity index (χ2v) is 11.8. The Balaban J connectivity index is 1.31. The molecule has 1 atom stereocenters. The minimum Gasteiger partial charge on any atom is -0.486 e. The predicted molar refractivity (Wildman–Crippen MR) is 136 cm³/mol. The van der Waals surface area contributed by atoms with Crippen molar-refractivity contribution in [3.63, 3.8) is 0 Å². The van der Waals surface area contributed by atoms with Crippen LogP contribution < -0.4 is 10.1 Å². The molecule has 0 unspecified atom stereocenters. The van der Waals surface area contributed by atoms with Crippen LogP contribution in [-0.2, 0) is 24.2 Å². The van der Waals surface area contributed by atoms with Gasteiger partial charge in [0.2, 0.25) is 11.1 Å². The largest absolute Gasteiger partial charge is 0.486 e. The van der Waals surface area contributed by atoms with Crippen molar-refractivity contribution in [2.75, 3.05) is 11.1 Å². The lowest BCUT2D eigenvalue weighted by atomic mass is 9.72. The van der Waals surface area contributed by atoms with Crippen molar-refractivity contribution in [1.82, 2.24) is 15.2 Å². The van der Waals surface area contributed by atoms with E-state index in [0.29, 0.717) is 38.2 Å². The molecule has 0 spiro atoms. The third kappa shape index (κ3) is 5.93. The molecule has 3 aromatic rings. The molecule has 1 aliphatic carbocycles. The zero-order valence-corrected chi connectivity index (χ0v) is 21.7. The summed E-state index contributed by atoms with van der Waals surface area (Å²) in [6.07, 6.45) is 2.92. The van der Waals surface area contributed by atoms with E-state index in [4.69, 9.17) is 16.3 Å². The molecule has 34 heavy (non-hydrogen) atoms. The molecule has 0 bridgehead atoms. The summed E-state index contributed by atoms with van der Waals surface area (Å²) in [5, 5.41) is 21.4. The Labute approximate surface area is 212 Å². The van der Waals surface area contributed by atoms with Gasteiger partial charge >= 0.3 is 0 Å². The standard InChI is InChI=1S/C24H26ClN5O2S2/c1-24(2,3)14-4-9-17-18(11-26)22(34-19(17)10-14)28-21(31)13-33-23-27-20(29-30-23)12-32-16-7-5-15(25)6-8-16/h5-8,14H,4,9-10,12-13H2,1-3H3,(H,28,31)(H,27,29,30)/t14-/m1/s1. The predicted octanol–water partition coefficient (Wildman–Crippen LogP) is 5.85. The number of anilines is 1. The van der Waals surface area contributed by atoms with Gasteiger partial charge in [-0.2, -0.15) is 5.26 Å². The van der Waals surface area contributed by atoms with E-state index in [-0.39, 0.29) is 23.7 Å². The molecule has 1 aliphatic rings. The van der Waals surface area contributed by atoms with Gasteiger partial charge in [-0.3, -0.25) is 9.89 Å². The highest BCUT2D eigenvalue weighted by Gasteiger charge is 2.32. The number of carbonyl (C=O) groups is 1. The number of nitrogens with zero attached hydrogens (tertiary/aromatic N) is 3. The van der Waals surface area contributed by atoms with Crippen molar-refractivity contribution in [1.29, 1.82) is 5.26 Å². The number of benzene rings is 1. The normalized spacial score (nSPS) is 15.4. The van der Waals surface area contributed by atoms with Crippen molar-refractivity contribution >= 4 is 45.6 Å². The first-order valence-electron chi connectivity index (χ1n) is 11.0. The zero-order valence-electron chi connectivity index (χ0n) is 19.3. The Kier molecular flexibility index (Phi) is 7.51. The van der Waals surface area contributed by atoms with Crippen molar-refractivity contribution in [3.8, 4) is 11.8 Å². The fraction of sp³-hybridized carbons (Fsp3) is 0.417. The van der Waals surface area contributed by atoms with Crippen LogP contribution in [0.4, 0.5) is 5.00 Å². The molecule has 2 aromatic heterocycles. The van der Waals surface area contributed by atoms with E-state index in [1.807, 2.05) is 0 Å². The smallest absolute Gasteiger partial charge is 0.235 e. The number of aromatic amines is 1. The van der Waals surface area contributed by atoms with Crippen molar-refractivity contribution in [2.24, 2.45) is 11.3 Å². The van der Waals surface area contributed by atoms with Crippen LogP contribution in [0, 0.1) is 22.7 Å². The minimum atomic E-state index is -0.184. The van der Waals surface area contributed by atoms with Crippen LogP contribution in [0.3, 0.4) is 0 Å². The second-order valence-electron chi connectivity index (χ2n) is 9.27. The van der Waals surface area contributed by atoms with Crippen molar-refractivity contribution in [2.45, 2.75) is 51.8 Å². The Morgan fingerprint density at radius 1 is 1.38 bits per heavy atom. The summed E-state index contributed by atoms with van der Waals surface area (Å²) in [7, 11) is 0. The number of fused-ring (bicyclic) bond motifs is 1. The number of amides is 1. The summed E-state index contributed by atoms with van der Waals surface area (Å²) in [4.78, 5) is 18.2. The highest BCUT2D eigenvalue weighted by Crippen LogP contribution is 2.44. The van der Waals surface area contributed by atoms with E-state index in [9.17, 15) is 10.1 Å². The fourth-order valence-electron chi connectivity index (χ4n) is 3.91. The van der Waals surface area contributed by atoms with E-state index in [0.717, 1.165) is 24.8 Å². The summed E-state index contributed by atoms with van der Waals surface area (Å²) in [6, 6.07) is 9.37. The molecule has 0 fully saturated rings. The summed E-state index contributed by atoms with van der Waals surface area (Å²) in [5.74, 6) is 1.77. The molecule has 1 amide bonds. The molecular formula is C24H26ClN5O2S2. The highest BCUT2D eigenvalue weighted by molar-refractivity contribution is 7.99. The lowest BCUT2D eigenvalue weighted by molar-refractivity contribution is -0.113. The van der Waals surface area contributed by atoms with E-state index in [1.54, 1.807) is 24.3 Å². The monoisotopic (exact) mass is 515 g/mol. The number of carbonyl (C=O) groups excluding carboxylic acids is 1. The summed E-state index contributed by atoms with van der Waals surface area (Å²) < 4.78 is 5.65. The number of thiophene rings is 1. The topological polar surface area (TPSA) is 104 Å². The van der Waals surface area contributed by atoms with Crippen LogP contribution >= 0.6 is 34.7 Å². The highest BCUT2D eigenvalue weighted by atomic mass is 35.5. The number of nitriles is 1. The van der Waals surface area contributed by atoms with Gasteiger partial charge in [0.15, 0.2) is 5.82 Å². The van der Waals surface area contributed by atoms with Gasteiger partial charge in [-0.05, 0) is 60.4 Å². The van der Waals surface area contributed by atoms with Gasteiger partial charge in [0.05, 0.1) is 11.3 Å². The molecule has 7 nitrogen and oxygen atoms in total. The fourth-order valence-corrected chi connectivity index (χ4v) is 5.95. The summed E-state index contributed by atoms with van der Waals surface area (Å²) in [5.41, 5.74) is 1.95. The molecule has 2 heterocycles. The Morgan fingerprint density at radius 3 is 2.85 bits per heavy atom. The van der Waals surface area contributed by atoms with E-state index in [2.05, 4.69) is 47.3 Å². The lowest BCUT2D eigenvalue weighted by Gasteiger charge is -2.33. The quantitative estimate of drug-likeness (QED) is 0.382. The average molecular weight is 516 g/mol. The molecular weight excluding hydrogens is 490 g/mol. The second kappa shape index (κ2) is 10.4. The van der Waals surface area contributed by atoms with Gasteiger partial charge in [-0.1, -0.05) is 44.1 Å². The first-order valence-corrected chi connectivity index (χ1v) is 13.2. The Morgan fingerprint density at radius 2 is 2.15 bits per heavy atom. The van der Waals surface area contributed by atoms with Gasteiger partial charge in [0, 0.05) is 9.90 Å². The van der Waals surface area contributed by atoms with Gasteiger partial charge in [-0.15, -0.1) is 16.4 Å².